The highest BCUT2D eigenvalue weighted by Gasteiger charge is 2.08. The number of aromatic amines is 1. The maximum atomic E-state index is 12.3. The van der Waals surface area contributed by atoms with E-state index in [-0.39, 0.29) is 17.0 Å². The molecule has 0 aliphatic rings. The van der Waals surface area contributed by atoms with E-state index < -0.39 is 5.97 Å². The number of nitrogens with one attached hydrogen (secondary N) is 1. The fourth-order valence-corrected chi connectivity index (χ4v) is 3.20. The summed E-state index contributed by atoms with van der Waals surface area (Å²) in [6.07, 6.45) is 4.59. The number of methoxy groups -OCH3 is 1. The van der Waals surface area contributed by atoms with Gasteiger partial charge in [0.2, 0.25) is 0 Å². The predicted molar refractivity (Wildman–Crippen MR) is 130 cm³/mol. The molecule has 0 saturated carbocycles. The average Bonchev–Trinajstić information content (AvgIpc) is 2.87. The number of aromatic nitrogens is 2. The van der Waals surface area contributed by atoms with Gasteiger partial charge in [0, 0.05) is 6.08 Å². The number of carbonyl (C=O) groups is 1. The molecule has 0 spiro atoms. The highest BCUT2D eigenvalue weighted by atomic mass is 16.5. The lowest BCUT2D eigenvalue weighted by atomic mass is 10.1. The van der Waals surface area contributed by atoms with Crippen molar-refractivity contribution in [3.63, 3.8) is 0 Å². The number of ether oxygens (including phenoxy) is 2. The van der Waals surface area contributed by atoms with Crippen molar-refractivity contribution in [1.29, 1.82) is 5.26 Å². The van der Waals surface area contributed by atoms with Crippen LogP contribution in [0.5, 0.6) is 11.5 Å². The summed E-state index contributed by atoms with van der Waals surface area (Å²) in [6, 6.07) is 22.9. The Balaban J connectivity index is 1.47. The van der Waals surface area contributed by atoms with Gasteiger partial charge in [0.15, 0.2) is 5.82 Å². The van der Waals surface area contributed by atoms with Crippen LogP contribution in [0.15, 0.2) is 83.7 Å². The Labute approximate surface area is 195 Å². The second kappa shape index (κ2) is 10.1. The van der Waals surface area contributed by atoms with Gasteiger partial charge in [0.05, 0.1) is 23.6 Å². The van der Waals surface area contributed by atoms with E-state index in [1.54, 1.807) is 79.9 Å². The van der Waals surface area contributed by atoms with E-state index in [1.165, 1.54) is 6.08 Å². The molecule has 0 unspecified atom stereocenters. The first-order chi connectivity index (χ1) is 16.6. The Kier molecular flexibility index (Phi) is 6.61. The Morgan fingerprint density at radius 1 is 0.971 bits per heavy atom. The first-order valence-electron chi connectivity index (χ1n) is 10.3. The van der Waals surface area contributed by atoms with Crippen molar-refractivity contribution in [1.82, 2.24) is 9.97 Å². The molecule has 0 aliphatic heterocycles. The number of nitriles is 1. The Morgan fingerprint density at radius 2 is 1.65 bits per heavy atom. The summed E-state index contributed by atoms with van der Waals surface area (Å²) < 4.78 is 10.4. The monoisotopic (exact) mass is 449 g/mol. The molecule has 0 bridgehead atoms. The lowest BCUT2D eigenvalue weighted by Crippen LogP contribution is -2.11. The number of nitrogens with zero attached hydrogens (tertiary/aromatic N) is 2. The minimum atomic E-state index is -0.519. The van der Waals surface area contributed by atoms with Crippen molar-refractivity contribution < 1.29 is 14.3 Å². The number of allylic oxidation sites excluding steroid dienone is 1. The zero-order valence-electron chi connectivity index (χ0n) is 18.2. The quantitative estimate of drug-likeness (QED) is 0.199. The summed E-state index contributed by atoms with van der Waals surface area (Å²) in [5.41, 5.74) is 1.91. The summed E-state index contributed by atoms with van der Waals surface area (Å²) in [7, 11) is 1.59. The van der Waals surface area contributed by atoms with Gasteiger partial charge in [-0.2, -0.15) is 5.26 Å². The molecule has 34 heavy (non-hydrogen) atoms. The number of carbonyl (C=O) groups excluding carboxylic acids is 1. The SMILES string of the molecule is COc1ccc(/C=C/C(=O)Oc2ccc(/C=C(\C#N)c3nc4ccccc4c(=O)[nH]3)cc2)cc1. The summed E-state index contributed by atoms with van der Waals surface area (Å²) in [5.74, 6) is 0.758. The van der Waals surface area contributed by atoms with Crippen LogP contribution in [-0.2, 0) is 4.79 Å². The van der Waals surface area contributed by atoms with Crippen LogP contribution in [0.1, 0.15) is 17.0 Å². The molecule has 4 rings (SSSR count). The maximum absolute atomic E-state index is 12.3. The molecule has 166 valence electrons. The molecule has 1 aromatic heterocycles. The third-order valence-corrected chi connectivity index (χ3v) is 4.93. The van der Waals surface area contributed by atoms with Crippen LogP contribution < -0.4 is 15.0 Å². The predicted octanol–water partition coefficient (Wildman–Crippen LogP) is 4.61. The van der Waals surface area contributed by atoms with E-state index in [0.717, 1.165) is 11.3 Å². The first-order valence-corrected chi connectivity index (χ1v) is 10.3. The van der Waals surface area contributed by atoms with Crippen molar-refractivity contribution in [2.75, 3.05) is 7.11 Å². The molecule has 0 amide bonds. The van der Waals surface area contributed by atoms with Gasteiger partial charge in [0.1, 0.15) is 17.6 Å². The number of hydrogen-bond acceptors (Lipinski definition) is 6. The van der Waals surface area contributed by atoms with Gasteiger partial charge in [-0.1, -0.05) is 36.4 Å². The molecule has 1 heterocycles. The van der Waals surface area contributed by atoms with Crippen LogP contribution in [0.2, 0.25) is 0 Å². The third-order valence-electron chi connectivity index (χ3n) is 4.93. The van der Waals surface area contributed by atoms with Crippen molar-refractivity contribution in [2.45, 2.75) is 0 Å². The first kappa shape index (κ1) is 22.2. The average molecular weight is 449 g/mol. The number of para-hydroxylation sites is 1. The van der Waals surface area contributed by atoms with Crippen molar-refractivity contribution >= 4 is 34.6 Å². The molecule has 7 nitrogen and oxygen atoms in total. The van der Waals surface area contributed by atoms with Crippen molar-refractivity contribution in [3.05, 3.63) is 106 Å². The van der Waals surface area contributed by atoms with Crippen LogP contribution >= 0.6 is 0 Å². The third kappa shape index (κ3) is 5.26. The van der Waals surface area contributed by atoms with Crippen LogP contribution in [-0.4, -0.2) is 23.0 Å². The molecule has 0 atom stereocenters. The Morgan fingerprint density at radius 3 is 2.35 bits per heavy atom. The minimum Gasteiger partial charge on any atom is -0.497 e. The second-order valence-electron chi connectivity index (χ2n) is 7.20. The highest BCUT2D eigenvalue weighted by molar-refractivity contribution is 5.90. The molecule has 0 radical (unpaired) electrons. The van der Waals surface area contributed by atoms with E-state index in [4.69, 9.17) is 9.47 Å². The maximum Gasteiger partial charge on any atom is 0.336 e. The minimum absolute atomic E-state index is 0.186. The van der Waals surface area contributed by atoms with E-state index in [0.29, 0.717) is 22.2 Å². The number of hydrogen-bond donors (Lipinski definition) is 1. The summed E-state index contributed by atoms with van der Waals surface area (Å²) in [5, 5.41) is 10.0. The number of fused-ring (bicyclic) bond motifs is 1. The van der Waals surface area contributed by atoms with Gasteiger partial charge in [-0.05, 0) is 59.7 Å². The molecule has 0 saturated heterocycles. The molecular formula is C27H19N3O4. The normalized spacial score (nSPS) is 11.4. The fourth-order valence-electron chi connectivity index (χ4n) is 3.20. The largest absolute Gasteiger partial charge is 0.497 e. The molecule has 1 N–H and O–H groups in total. The fraction of sp³-hybridized carbons (Fsp3) is 0.0370. The lowest BCUT2D eigenvalue weighted by Gasteiger charge is -2.04. The molecule has 7 heteroatoms. The Hall–Kier alpha value is -4.96. The highest BCUT2D eigenvalue weighted by Crippen LogP contribution is 2.19. The number of esters is 1. The molecule has 0 aliphatic carbocycles. The number of rotatable bonds is 6. The van der Waals surface area contributed by atoms with Crippen LogP contribution in [0.4, 0.5) is 0 Å². The van der Waals surface area contributed by atoms with Crippen molar-refractivity contribution in [3.8, 4) is 17.6 Å². The van der Waals surface area contributed by atoms with Gasteiger partial charge < -0.3 is 14.5 Å². The summed E-state index contributed by atoms with van der Waals surface area (Å²) in [6.45, 7) is 0. The number of benzene rings is 3. The topological polar surface area (TPSA) is 105 Å². The van der Waals surface area contributed by atoms with Crippen LogP contribution in [0.25, 0.3) is 28.6 Å². The van der Waals surface area contributed by atoms with Gasteiger partial charge >= 0.3 is 5.97 Å². The zero-order valence-corrected chi connectivity index (χ0v) is 18.2. The molecular weight excluding hydrogens is 430 g/mol. The van der Waals surface area contributed by atoms with Gasteiger partial charge in [-0.15, -0.1) is 0 Å². The van der Waals surface area contributed by atoms with Crippen LogP contribution in [0.3, 0.4) is 0 Å². The summed E-state index contributed by atoms with van der Waals surface area (Å²) in [4.78, 5) is 31.4. The van der Waals surface area contributed by atoms with E-state index in [1.807, 2.05) is 12.1 Å². The standard InChI is InChI=1S/C27H19N3O4/c1-33-21-11-6-18(7-12-21)10-15-25(31)34-22-13-8-19(9-14-22)16-20(17-28)26-29-24-5-3-2-4-23(24)27(32)30-26/h2-16H,1H3,(H,29,30,32)/b15-10+,20-16+. The molecule has 4 aromatic rings. The lowest BCUT2D eigenvalue weighted by molar-refractivity contribution is -0.128. The summed E-state index contributed by atoms with van der Waals surface area (Å²) >= 11 is 0. The van der Waals surface area contributed by atoms with Gasteiger partial charge in [-0.25, -0.2) is 9.78 Å². The van der Waals surface area contributed by atoms with Gasteiger partial charge in [-0.3, -0.25) is 4.79 Å². The smallest absolute Gasteiger partial charge is 0.336 e. The number of H-pyrrole nitrogens is 1. The van der Waals surface area contributed by atoms with Gasteiger partial charge in [0.25, 0.3) is 5.56 Å². The van der Waals surface area contributed by atoms with E-state index in [9.17, 15) is 14.9 Å². The Bertz CT molecular complexity index is 1490. The molecule has 3 aromatic carbocycles. The zero-order chi connectivity index (χ0) is 23.9. The molecule has 0 fully saturated rings. The second-order valence-corrected chi connectivity index (χ2v) is 7.20. The van der Waals surface area contributed by atoms with Crippen LogP contribution in [0, 0.1) is 11.3 Å². The van der Waals surface area contributed by atoms with E-state index in [2.05, 4.69) is 16.0 Å². The van der Waals surface area contributed by atoms with E-state index >= 15 is 0 Å². The van der Waals surface area contributed by atoms with Crippen molar-refractivity contribution in [2.24, 2.45) is 0 Å².